The van der Waals surface area contributed by atoms with Gasteiger partial charge >= 0.3 is 5.97 Å². The number of Topliss-reactive ketones (excluding diaryl/α,β-unsaturated/α-hetero) is 1. The summed E-state index contributed by atoms with van der Waals surface area (Å²) in [7, 11) is 0. The maximum atomic E-state index is 12.9. The standard InChI is InChI=1S/C21H32O4/c1-5-15-10-17(25-18(24)11-22)19-12(2)6-8-21(14(4)13(15)3)9-7-16(23)20(19)21/h5,12-15,17,19-20,22H,1,6-11H2,2-4H3/t12-,13+,14+,15-,17-,19?,20?,21+/m1/s1. The van der Waals surface area contributed by atoms with E-state index in [1.807, 2.05) is 6.08 Å². The second-order valence-electron chi connectivity index (χ2n) is 8.74. The first-order valence-electron chi connectivity index (χ1n) is 9.81. The third kappa shape index (κ3) is 2.87. The number of rotatable bonds is 3. The number of hydrogen-bond acceptors (Lipinski definition) is 4. The Hall–Kier alpha value is -1.16. The Bertz CT molecular complexity index is 556. The highest BCUT2D eigenvalue weighted by Crippen LogP contribution is 2.63. The fourth-order valence-corrected chi connectivity index (χ4v) is 6.38. The molecular formula is C21H32O4. The molecule has 0 heterocycles. The Morgan fingerprint density at radius 3 is 2.72 bits per heavy atom. The minimum atomic E-state index is -0.605. The molecule has 4 nitrogen and oxygen atoms in total. The number of hydrogen-bond donors (Lipinski definition) is 1. The van der Waals surface area contributed by atoms with Crippen molar-refractivity contribution in [1.29, 1.82) is 0 Å². The molecule has 0 radical (unpaired) electrons. The Kier molecular flexibility index (Phi) is 5.11. The van der Waals surface area contributed by atoms with Gasteiger partial charge in [-0.05, 0) is 54.8 Å². The molecule has 2 bridgehead atoms. The number of aliphatic hydroxyl groups is 1. The van der Waals surface area contributed by atoms with Gasteiger partial charge in [0.2, 0.25) is 0 Å². The summed E-state index contributed by atoms with van der Waals surface area (Å²) >= 11 is 0. The first-order valence-corrected chi connectivity index (χ1v) is 9.81. The Morgan fingerprint density at radius 2 is 2.08 bits per heavy atom. The molecule has 0 aromatic heterocycles. The summed E-state index contributed by atoms with van der Waals surface area (Å²) in [5.41, 5.74) is 0.0409. The van der Waals surface area contributed by atoms with Crippen LogP contribution in [0.15, 0.2) is 12.7 Å². The van der Waals surface area contributed by atoms with Crippen molar-refractivity contribution < 1.29 is 19.4 Å². The number of carbonyl (C=O) groups excluding carboxylic acids is 2. The van der Waals surface area contributed by atoms with Crippen molar-refractivity contribution in [3.8, 4) is 0 Å². The maximum absolute atomic E-state index is 12.9. The van der Waals surface area contributed by atoms with Crippen LogP contribution in [0.3, 0.4) is 0 Å². The summed E-state index contributed by atoms with van der Waals surface area (Å²) in [5, 5.41) is 9.18. The lowest BCUT2D eigenvalue weighted by Crippen LogP contribution is -2.54. The lowest BCUT2D eigenvalue weighted by atomic mass is 9.49. The van der Waals surface area contributed by atoms with Gasteiger partial charge in [0.25, 0.3) is 0 Å². The largest absolute Gasteiger partial charge is 0.460 e. The van der Waals surface area contributed by atoms with Crippen molar-refractivity contribution in [2.75, 3.05) is 6.61 Å². The summed E-state index contributed by atoms with van der Waals surface area (Å²) in [4.78, 5) is 24.8. The topological polar surface area (TPSA) is 63.6 Å². The number of ether oxygens (including phenoxy) is 1. The van der Waals surface area contributed by atoms with Crippen molar-refractivity contribution in [3.05, 3.63) is 12.7 Å². The zero-order valence-electron chi connectivity index (χ0n) is 15.7. The van der Waals surface area contributed by atoms with Gasteiger partial charge in [0.1, 0.15) is 18.5 Å². The molecule has 0 aliphatic heterocycles. The van der Waals surface area contributed by atoms with E-state index in [0.29, 0.717) is 36.4 Å². The molecule has 2 unspecified atom stereocenters. The predicted octanol–water partition coefficient (Wildman–Crippen LogP) is 3.38. The lowest BCUT2D eigenvalue weighted by molar-refractivity contribution is -0.171. The minimum absolute atomic E-state index is 0.00374. The third-order valence-electron chi connectivity index (χ3n) is 7.93. The Balaban J connectivity index is 2.07. The number of ketones is 1. The van der Waals surface area contributed by atoms with Crippen LogP contribution in [0.2, 0.25) is 0 Å². The molecule has 3 aliphatic carbocycles. The van der Waals surface area contributed by atoms with Crippen LogP contribution in [0.5, 0.6) is 0 Å². The van der Waals surface area contributed by atoms with E-state index < -0.39 is 12.6 Å². The number of aliphatic hydroxyl groups excluding tert-OH is 1. The third-order valence-corrected chi connectivity index (χ3v) is 7.93. The van der Waals surface area contributed by atoms with Crippen LogP contribution >= 0.6 is 0 Å². The number of allylic oxidation sites excluding steroid dienone is 1. The molecule has 140 valence electrons. The van der Waals surface area contributed by atoms with Gasteiger partial charge in [-0.3, -0.25) is 4.79 Å². The van der Waals surface area contributed by atoms with Gasteiger partial charge in [0.05, 0.1) is 0 Å². The van der Waals surface area contributed by atoms with Crippen molar-refractivity contribution in [2.45, 2.75) is 59.0 Å². The van der Waals surface area contributed by atoms with Gasteiger partial charge < -0.3 is 9.84 Å². The van der Waals surface area contributed by atoms with Crippen molar-refractivity contribution in [2.24, 2.45) is 40.9 Å². The molecule has 8 atom stereocenters. The van der Waals surface area contributed by atoms with Crippen LogP contribution < -0.4 is 0 Å². The van der Waals surface area contributed by atoms with E-state index in [0.717, 1.165) is 19.3 Å². The molecule has 3 fully saturated rings. The SMILES string of the molecule is C=C[C@@H]1C[C@@H](OC(=O)CO)C2C3C(=O)CC[C@@]3(CC[C@H]2C)[C@@H](C)[C@@H]1C. The molecule has 25 heavy (non-hydrogen) atoms. The lowest BCUT2D eigenvalue weighted by Gasteiger charge is -2.55. The van der Waals surface area contributed by atoms with Crippen LogP contribution in [0.1, 0.15) is 52.9 Å². The van der Waals surface area contributed by atoms with E-state index >= 15 is 0 Å². The van der Waals surface area contributed by atoms with E-state index in [1.54, 1.807) is 0 Å². The van der Waals surface area contributed by atoms with E-state index in [4.69, 9.17) is 4.74 Å². The molecule has 0 aromatic rings. The molecule has 3 aliphatic rings. The average molecular weight is 348 g/mol. The smallest absolute Gasteiger partial charge is 0.332 e. The highest BCUT2D eigenvalue weighted by molar-refractivity contribution is 5.85. The van der Waals surface area contributed by atoms with Crippen LogP contribution in [0.4, 0.5) is 0 Å². The second-order valence-corrected chi connectivity index (χ2v) is 8.74. The predicted molar refractivity (Wildman–Crippen MR) is 95.6 cm³/mol. The van der Waals surface area contributed by atoms with Gasteiger partial charge in [-0.25, -0.2) is 4.79 Å². The summed E-state index contributed by atoms with van der Waals surface area (Å²) < 4.78 is 5.71. The van der Waals surface area contributed by atoms with Crippen molar-refractivity contribution in [3.63, 3.8) is 0 Å². The molecule has 1 N–H and O–H groups in total. The molecule has 0 saturated heterocycles. The van der Waals surface area contributed by atoms with Crippen LogP contribution in [0, 0.1) is 40.9 Å². The molecule has 3 rings (SSSR count). The van der Waals surface area contributed by atoms with Gasteiger partial charge in [0, 0.05) is 18.3 Å². The highest BCUT2D eigenvalue weighted by atomic mass is 16.6. The normalized spacial score (nSPS) is 46.7. The maximum Gasteiger partial charge on any atom is 0.332 e. The highest BCUT2D eigenvalue weighted by Gasteiger charge is 2.61. The minimum Gasteiger partial charge on any atom is -0.460 e. The van der Waals surface area contributed by atoms with E-state index in [-0.39, 0.29) is 29.3 Å². The summed E-state index contributed by atoms with van der Waals surface area (Å²) in [6, 6.07) is 0. The van der Waals surface area contributed by atoms with Crippen LogP contribution in [0.25, 0.3) is 0 Å². The summed E-state index contributed by atoms with van der Waals surface area (Å²) in [6.45, 7) is 10.2. The molecule has 3 saturated carbocycles. The number of esters is 1. The first-order chi connectivity index (χ1) is 11.9. The molecule has 0 spiro atoms. The Morgan fingerprint density at radius 1 is 1.36 bits per heavy atom. The van der Waals surface area contributed by atoms with Gasteiger partial charge in [0.15, 0.2) is 0 Å². The van der Waals surface area contributed by atoms with Crippen LogP contribution in [-0.2, 0) is 14.3 Å². The fraction of sp³-hybridized carbons (Fsp3) is 0.810. The van der Waals surface area contributed by atoms with E-state index in [9.17, 15) is 14.7 Å². The quantitative estimate of drug-likeness (QED) is 0.627. The average Bonchev–Trinajstić information content (AvgIpc) is 2.94. The zero-order valence-corrected chi connectivity index (χ0v) is 15.7. The van der Waals surface area contributed by atoms with E-state index in [2.05, 4.69) is 27.4 Å². The first kappa shape index (κ1) is 18.6. The van der Waals surface area contributed by atoms with E-state index in [1.165, 1.54) is 0 Å². The Labute approximate surface area is 151 Å². The zero-order chi connectivity index (χ0) is 18.4. The number of carbonyl (C=O) groups is 2. The molecule has 0 amide bonds. The monoisotopic (exact) mass is 348 g/mol. The fourth-order valence-electron chi connectivity index (χ4n) is 6.38. The molecular weight excluding hydrogens is 316 g/mol. The van der Waals surface area contributed by atoms with Gasteiger partial charge in [-0.2, -0.15) is 0 Å². The van der Waals surface area contributed by atoms with Gasteiger partial charge in [-0.15, -0.1) is 6.58 Å². The summed E-state index contributed by atoms with van der Waals surface area (Å²) in [6.07, 6.45) is 6.19. The van der Waals surface area contributed by atoms with Gasteiger partial charge in [-0.1, -0.05) is 26.8 Å². The van der Waals surface area contributed by atoms with Crippen LogP contribution in [-0.4, -0.2) is 29.6 Å². The molecule has 4 heteroatoms. The molecule has 0 aromatic carbocycles. The summed E-state index contributed by atoms with van der Waals surface area (Å²) in [5.74, 6) is 1.30. The van der Waals surface area contributed by atoms with Crippen molar-refractivity contribution in [1.82, 2.24) is 0 Å². The second kappa shape index (κ2) is 6.86. The van der Waals surface area contributed by atoms with Crippen molar-refractivity contribution >= 4 is 11.8 Å².